The van der Waals surface area contributed by atoms with Crippen LogP contribution in [-0.2, 0) is 6.42 Å². The van der Waals surface area contributed by atoms with Crippen LogP contribution in [0.5, 0.6) is 17.2 Å². The van der Waals surface area contributed by atoms with Crippen molar-refractivity contribution in [2.24, 2.45) is 5.73 Å². The molecular weight excluding hydrogens is 290 g/mol. The first-order valence-corrected chi connectivity index (χ1v) is 8.12. The first-order valence-electron chi connectivity index (χ1n) is 8.12. The van der Waals surface area contributed by atoms with Gasteiger partial charge in [0, 0.05) is 5.92 Å². The minimum Gasteiger partial charge on any atom is -0.494 e. The lowest BCUT2D eigenvalue weighted by Crippen LogP contribution is -2.18. The van der Waals surface area contributed by atoms with Gasteiger partial charge in [-0.05, 0) is 49.2 Å². The van der Waals surface area contributed by atoms with E-state index in [0.29, 0.717) is 26.4 Å². The highest BCUT2D eigenvalue weighted by Crippen LogP contribution is 2.34. The van der Waals surface area contributed by atoms with Crippen molar-refractivity contribution >= 4 is 0 Å². The van der Waals surface area contributed by atoms with Crippen molar-refractivity contribution in [3.05, 3.63) is 53.6 Å². The van der Waals surface area contributed by atoms with Crippen molar-refractivity contribution in [1.29, 1.82) is 0 Å². The monoisotopic (exact) mass is 313 g/mol. The summed E-state index contributed by atoms with van der Waals surface area (Å²) in [5, 5.41) is 0. The first-order chi connectivity index (χ1) is 11.3. The summed E-state index contributed by atoms with van der Waals surface area (Å²) >= 11 is 0. The molecule has 1 heterocycles. The molecule has 0 amide bonds. The average molecular weight is 313 g/mol. The van der Waals surface area contributed by atoms with Crippen LogP contribution in [0.3, 0.4) is 0 Å². The molecule has 0 saturated carbocycles. The fourth-order valence-electron chi connectivity index (χ4n) is 2.89. The van der Waals surface area contributed by atoms with E-state index >= 15 is 0 Å². The van der Waals surface area contributed by atoms with E-state index in [1.807, 2.05) is 31.2 Å². The Hall–Kier alpha value is -2.20. The third-order valence-electron chi connectivity index (χ3n) is 4.06. The van der Waals surface area contributed by atoms with Gasteiger partial charge in [0.05, 0.1) is 6.61 Å². The standard InChI is InChI=1S/C19H23NO3/c1-2-21-17-6-4-3-5-15(17)11-16(13-20)14-7-8-18-19(12-14)23-10-9-22-18/h3-8,12,16H,2,9-11,13,20H2,1H3. The third kappa shape index (κ3) is 3.59. The Balaban J connectivity index is 1.83. The molecule has 2 aromatic rings. The lowest BCUT2D eigenvalue weighted by molar-refractivity contribution is 0.171. The molecule has 1 atom stereocenters. The fourth-order valence-corrected chi connectivity index (χ4v) is 2.89. The Kier molecular flexibility index (Phi) is 5.03. The van der Waals surface area contributed by atoms with Gasteiger partial charge in [0.25, 0.3) is 0 Å². The van der Waals surface area contributed by atoms with Gasteiger partial charge in [0.2, 0.25) is 0 Å². The van der Waals surface area contributed by atoms with Crippen molar-refractivity contribution in [3.8, 4) is 17.2 Å². The summed E-state index contributed by atoms with van der Waals surface area (Å²) in [6.45, 7) is 4.43. The second kappa shape index (κ2) is 7.38. The summed E-state index contributed by atoms with van der Waals surface area (Å²) in [7, 11) is 0. The topological polar surface area (TPSA) is 53.7 Å². The van der Waals surface area contributed by atoms with Crippen LogP contribution in [0.25, 0.3) is 0 Å². The van der Waals surface area contributed by atoms with E-state index < -0.39 is 0 Å². The van der Waals surface area contributed by atoms with E-state index in [1.165, 1.54) is 11.1 Å². The third-order valence-corrected chi connectivity index (χ3v) is 4.06. The van der Waals surface area contributed by atoms with Crippen LogP contribution in [0, 0.1) is 0 Å². The largest absolute Gasteiger partial charge is 0.494 e. The van der Waals surface area contributed by atoms with E-state index in [-0.39, 0.29) is 5.92 Å². The maximum Gasteiger partial charge on any atom is 0.161 e. The molecule has 1 aliphatic rings. The molecule has 2 N–H and O–H groups in total. The van der Waals surface area contributed by atoms with Crippen molar-refractivity contribution in [2.45, 2.75) is 19.3 Å². The maximum absolute atomic E-state index is 6.04. The molecule has 0 spiro atoms. The van der Waals surface area contributed by atoms with Crippen LogP contribution in [0.4, 0.5) is 0 Å². The van der Waals surface area contributed by atoms with Gasteiger partial charge >= 0.3 is 0 Å². The molecule has 0 bridgehead atoms. The molecular formula is C19H23NO3. The summed E-state index contributed by atoms with van der Waals surface area (Å²) in [5.41, 5.74) is 8.39. The van der Waals surface area contributed by atoms with Crippen LogP contribution < -0.4 is 19.9 Å². The van der Waals surface area contributed by atoms with Crippen molar-refractivity contribution in [2.75, 3.05) is 26.4 Å². The van der Waals surface area contributed by atoms with Crippen LogP contribution >= 0.6 is 0 Å². The Labute approximate surface area is 137 Å². The Morgan fingerprint density at radius 1 is 1.09 bits per heavy atom. The van der Waals surface area contributed by atoms with Crippen molar-refractivity contribution in [3.63, 3.8) is 0 Å². The second-order valence-electron chi connectivity index (χ2n) is 5.58. The van der Waals surface area contributed by atoms with Gasteiger partial charge in [-0.3, -0.25) is 0 Å². The number of benzene rings is 2. The molecule has 0 saturated heterocycles. The Morgan fingerprint density at radius 3 is 2.65 bits per heavy atom. The zero-order chi connectivity index (χ0) is 16.1. The molecule has 1 unspecified atom stereocenters. The van der Waals surface area contributed by atoms with Gasteiger partial charge in [-0.25, -0.2) is 0 Å². The molecule has 1 aliphatic heterocycles. The summed E-state index contributed by atoms with van der Waals surface area (Å²) in [5.74, 6) is 2.77. The summed E-state index contributed by atoms with van der Waals surface area (Å²) in [6, 6.07) is 14.2. The normalized spacial score (nSPS) is 14.3. The smallest absolute Gasteiger partial charge is 0.161 e. The quantitative estimate of drug-likeness (QED) is 0.890. The van der Waals surface area contributed by atoms with E-state index in [4.69, 9.17) is 19.9 Å². The van der Waals surface area contributed by atoms with Gasteiger partial charge in [-0.15, -0.1) is 0 Å². The van der Waals surface area contributed by atoms with Crippen LogP contribution in [0.1, 0.15) is 24.0 Å². The number of para-hydroxylation sites is 1. The van der Waals surface area contributed by atoms with Gasteiger partial charge in [-0.2, -0.15) is 0 Å². The average Bonchev–Trinajstić information content (AvgIpc) is 2.61. The van der Waals surface area contributed by atoms with E-state index in [9.17, 15) is 0 Å². The number of rotatable bonds is 6. The van der Waals surface area contributed by atoms with Gasteiger partial charge < -0.3 is 19.9 Å². The highest BCUT2D eigenvalue weighted by atomic mass is 16.6. The molecule has 0 aromatic heterocycles. The minimum atomic E-state index is 0.215. The van der Waals surface area contributed by atoms with Gasteiger partial charge in [0.15, 0.2) is 11.5 Å². The fraction of sp³-hybridized carbons (Fsp3) is 0.368. The highest BCUT2D eigenvalue weighted by Gasteiger charge is 2.18. The van der Waals surface area contributed by atoms with Crippen LogP contribution in [0.2, 0.25) is 0 Å². The zero-order valence-electron chi connectivity index (χ0n) is 13.5. The number of ether oxygens (including phenoxy) is 3. The number of hydrogen-bond donors (Lipinski definition) is 1. The zero-order valence-corrected chi connectivity index (χ0v) is 13.5. The predicted molar refractivity (Wildman–Crippen MR) is 90.5 cm³/mol. The lowest BCUT2D eigenvalue weighted by Gasteiger charge is -2.22. The van der Waals surface area contributed by atoms with E-state index in [2.05, 4.69) is 18.2 Å². The predicted octanol–water partition coefficient (Wildman–Crippen LogP) is 3.14. The van der Waals surface area contributed by atoms with E-state index in [0.717, 1.165) is 23.7 Å². The first kappa shape index (κ1) is 15.7. The number of nitrogens with two attached hydrogens (primary N) is 1. The number of fused-ring (bicyclic) bond motifs is 1. The van der Waals surface area contributed by atoms with Crippen LogP contribution in [0.15, 0.2) is 42.5 Å². The molecule has 122 valence electrons. The Morgan fingerprint density at radius 2 is 1.87 bits per heavy atom. The molecule has 3 rings (SSSR count). The Bertz CT molecular complexity index is 657. The van der Waals surface area contributed by atoms with Crippen LogP contribution in [-0.4, -0.2) is 26.4 Å². The van der Waals surface area contributed by atoms with Gasteiger partial charge in [0.1, 0.15) is 19.0 Å². The molecule has 0 radical (unpaired) electrons. The van der Waals surface area contributed by atoms with Crippen molar-refractivity contribution in [1.82, 2.24) is 0 Å². The summed E-state index contributed by atoms with van der Waals surface area (Å²) in [6.07, 6.45) is 0.840. The van der Waals surface area contributed by atoms with Gasteiger partial charge in [-0.1, -0.05) is 24.3 Å². The molecule has 23 heavy (non-hydrogen) atoms. The SMILES string of the molecule is CCOc1ccccc1CC(CN)c1ccc2c(c1)OCCO2. The van der Waals surface area contributed by atoms with E-state index in [1.54, 1.807) is 0 Å². The molecule has 0 fully saturated rings. The minimum absolute atomic E-state index is 0.215. The molecule has 2 aromatic carbocycles. The summed E-state index contributed by atoms with van der Waals surface area (Å²) < 4.78 is 17.0. The lowest BCUT2D eigenvalue weighted by atomic mass is 9.91. The molecule has 4 heteroatoms. The molecule has 4 nitrogen and oxygen atoms in total. The summed E-state index contributed by atoms with van der Waals surface area (Å²) in [4.78, 5) is 0. The number of hydrogen-bond acceptors (Lipinski definition) is 4. The molecule has 0 aliphatic carbocycles. The highest BCUT2D eigenvalue weighted by molar-refractivity contribution is 5.45. The maximum atomic E-state index is 6.04. The second-order valence-corrected chi connectivity index (χ2v) is 5.58. The van der Waals surface area contributed by atoms with Crippen molar-refractivity contribution < 1.29 is 14.2 Å².